The van der Waals surface area contributed by atoms with Crippen molar-refractivity contribution in [1.82, 2.24) is 14.6 Å². The summed E-state index contributed by atoms with van der Waals surface area (Å²) in [6.07, 6.45) is 4.21. The molecule has 2 aromatic rings. The van der Waals surface area contributed by atoms with Gasteiger partial charge in [-0.2, -0.15) is 0 Å². The summed E-state index contributed by atoms with van der Waals surface area (Å²) in [4.78, 5) is 3.94. The highest BCUT2D eigenvalue weighted by atomic mass is 32.1. The van der Waals surface area contributed by atoms with Crippen molar-refractivity contribution >= 4 is 11.5 Å². The molecule has 0 saturated heterocycles. The van der Waals surface area contributed by atoms with Crippen LogP contribution in [0.15, 0.2) is 29.9 Å². The number of hydrogen-bond acceptors (Lipinski definition) is 5. The van der Waals surface area contributed by atoms with Crippen LogP contribution in [0.1, 0.15) is 17.3 Å². The summed E-state index contributed by atoms with van der Waals surface area (Å²) in [5.41, 5.74) is 8.02. The lowest BCUT2D eigenvalue weighted by atomic mass is 10.1. The van der Waals surface area contributed by atoms with Crippen molar-refractivity contribution in [2.75, 3.05) is 0 Å². The molecule has 0 radical (unpaired) electrons. The molecule has 1 atom stereocenters. The molecule has 0 fully saturated rings. The lowest BCUT2D eigenvalue weighted by Crippen LogP contribution is -2.13. The second-order valence-electron chi connectivity index (χ2n) is 2.99. The van der Waals surface area contributed by atoms with Crippen molar-refractivity contribution in [3.8, 4) is 0 Å². The molecule has 14 heavy (non-hydrogen) atoms. The molecule has 0 saturated carbocycles. The molecule has 0 aromatic carbocycles. The highest BCUT2D eigenvalue weighted by molar-refractivity contribution is 7.03. The minimum Gasteiger partial charge on any atom is -0.324 e. The number of aromatic nitrogens is 3. The first-order valence-electron chi connectivity index (χ1n) is 4.27. The van der Waals surface area contributed by atoms with Gasteiger partial charge in [-0.15, -0.1) is 5.10 Å². The summed E-state index contributed by atoms with van der Waals surface area (Å²) in [6, 6.07) is 3.82. The van der Waals surface area contributed by atoms with Gasteiger partial charge < -0.3 is 5.73 Å². The molecule has 0 aliphatic carbocycles. The second-order valence-corrected chi connectivity index (χ2v) is 3.60. The first-order valence-corrected chi connectivity index (χ1v) is 5.11. The maximum atomic E-state index is 6.00. The number of nitrogens with two attached hydrogens (primary N) is 1. The Morgan fingerprint density at radius 3 is 2.79 bits per heavy atom. The van der Waals surface area contributed by atoms with E-state index in [1.807, 2.05) is 17.5 Å². The first kappa shape index (κ1) is 9.23. The largest absolute Gasteiger partial charge is 0.324 e. The fraction of sp³-hybridized carbons (Fsp3) is 0.222. The van der Waals surface area contributed by atoms with E-state index in [1.54, 1.807) is 12.4 Å². The van der Waals surface area contributed by atoms with Crippen LogP contribution >= 0.6 is 11.5 Å². The molecular formula is C9H10N4S. The predicted molar refractivity (Wildman–Crippen MR) is 54.8 cm³/mol. The summed E-state index contributed by atoms with van der Waals surface area (Å²) >= 11 is 1.35. The van der Waals surface area contributed by atoms with E-state index in [0.717, 1.165) is 17.7 Å². The van der Waals surface area contributed by atoms with Crippen LogP contribution in [-0.2, 0) is 6.42 Å². The lowest BCUT2D eigenvalue weighted by molar-refractivity contribution is 0.702. The zero-order valence-electron chi connectivity index (χ0n) is 7.50. The van der Waals surface area contributed by atoms with E-state index in [9.17, 15) is 0 Å². The maximum absolute atomic E-state index is 6.00. The maximum Gasteiger partial charge on any atom is 0.0774 e. The summed E-state index contributed by atoms with van der Waals surface area (Å²) in [6.45, 7) is 0. The first-order chi connectivity index (χ1) is 6.86. The molecule has 5 heteroatoms. The average molecular weight is 206 g/mol. The van der Waals surface area contributed by atoms with Crippen LogP contribution in [0.4, 0.5) is 0 Å². The highest BCUT2D eigenvalue weighted by Crippen LogP contribution is 2.13. The van der Waals surface area contributed by atoms with E-state index >= 15 is 0 Å². The van der Waals surface area contributed by atoms with Gasteiger partial charge in [-0.3, -0.25) is 4.98 Å². The molecular weight excluding hydrogens is 196 g/mol. The summed E-state index contributed by atoms with van der Waals surface area (Å²) in [5, 5.41) is 5.87. The van der Waals surface area contributed by atoms with Gasteiger partial charge in [0.2, 0.25) is 0 Å². The Bertz CT molecular complexity index is 373. The van der Waals surface area contributed by atoms with Crippen molar-refractivity contribution in [3.05, 3.63) is 41.2 Å². The third-order valence-electron chi connectivity index (χ3n) is 1.97. The molecule has 1 unspecified atom stereocenters. The Kier molecular flexibility index (Phi) is 2.81. The number of hydrogen-bond donors (Lipinski definition) is 1. The molecule has 2 heterocycles. The van der Waals surface area contributed by atoms with Crippen molar-refractivity contribution in [2.45, 2.75) is 12.5 Å². The Morgan fingerprint density at radius 2 is 2.14 bits per heavy atom. The van der Waals surface area contributed by atoms with E-state index in [2.05, 4.69) is 14.6 Å². The predicted octanol–water partition coefficient (Wildman–Crippen LogP) is 1.18. The molecule has 4 nitrogen and oxygen atoms in total. The summed E-state index contributed by atoms with van der Waals surface area (Å²) in [5.74, 6) is 0. The molecule has 0 bridgehead atoms. The Hall–Kier alpha value is -1.33. The smallest absolute Gasteiger partial charge is 0.0774 e. The quantitative estimate of drug-likeness (QED) is 0.818. The molecule has 72 valence electrons. The van der Waals surface area contributed by atoms with Crippen LogP contribution in [0.2, 0.25) is 0 Å². The van der Waals surface area contributed by atoms with Crippen molar-refractivity contribution in [1.29, 1.82) is 0 Å². The van der Waals surface area contributed by atoms with Crippen LogP contribution in [0.5, 0.6) is 0 Å². The second kappa shape index (κ2) is 4.26. The third kappa shape index (κ3) is 2.12. The monoisotopic (exact) mass is 206 g/mol. The topological polar surface area (TPSA) is 64.7 Å². The van der Waals surface area contributed by atoms with Crippen molar-refractivity contribution in [2.24, 2.45) is 5.73 Å². The molecule has 0 spiro atoms. The third-order valence-corrected chi connectivity index (χ3v) is 2.52. The molecule has 0 aliphatic heterocycles. The lowest BCUT2D eigenvalue weighted by Gasteiger charge is -2.08. The molecule has 2 N–H and O–H groups in total. The normalized spacial score (nSPS) is 12.6. The van der Waals surface area contributed by atoms with Gasteiger partial charge in [-0.1, -0.05) is 4.49 Å². The van der Waals surface area contributed by atoms with Gasteiger partial charge >= 0.3 is 0 Å². The summed E-state index contributed by atoms with van der Waals surface area (Å²) < 4.78 is 3.79. The molecule has 0 amide bonds. The molecule has 0 aliphatic rings. The SMILES string of the molecule is NC(Cc1csnn1)c1ccncc1. The van der Waals surface area contributed by atoms with Crippen LogP contribution in [0.25, 0.3) is 0 Å². The molecule has 2 rings (SSSR count). The van der Waals surface area contributed by atoms with Crippen molar-refractivity contribution < 1.29 is 0 Å². The Balaban J connectivity index is 2.07. The van der Waals surface area contributed by atoms with Crippen LogP contribution in [-0.4, -0.2) is 14.6 Å². The molecule has 2 aromatic heterocycles. The Morgan fingerprint density at radius 1 is 1.36 bits per heavy atom. The zero-order valence-corrected chi connectivity index (χ0v) is 8.31. The Labute approximate surface area is 86.0 Å². The highest BCUT2D eigenvalue weighted by Gasteiger charge is 2.07. The van der Waals surface area contributed by atoms with Crippen molar-refractivity contribution in [3.63, 3.8) is 0 Å². The zero-order chi connectivity index (χ0) is 9.80. The van der Waals surface area contributed by atoms with Crippen LogP contribution < -0.4 is 5.73 Å². The van der Waals surface area contributed by atoms with Gasteiger partial charge in [0.1, 0.15) is 0 Å². The fourth-order valence-electron chi connectivity index (χ4n) is 1.23. The number of pyridine rings is 1. The van der Waals surface area contributed by atoms with Gasteiger partial charge in [0.25, 0.3) is 0 Å². The van der Waals surface area contributed by atoms with Crippen LogP contribution in [0.3, 0.4) is 0 Å². The van der Waals surface area contributed by atoms with E-state index in [0.29, 0.717) is 0 Å². The number of rotatable bonds is 3. The van der Waals surface area contributed by atoms with E-state index in [4.69, 9.17) is 5.73 Å². The van der Waals surface area contributed by atoms with Gasteiger partial charge in [0.15, 0.2) is 0 Å². The minimum atomic E-state index is -0.0260. The van der Waals surface area contributed by atoms with E-state index in [1.165, 1.54) is 11.5 Å². The van der Waals surface area contributed by atoms with Crippen LogP contribution in [0, 0.1) is 0 Å². The number of nitrogens with zero attached hydrogens (tertiary/aromatic N) is 3. The van der Waals surface area contributed by atoms with E-state index < -0.39 is 0 Å². The van der Waals surface area contributed by atoms with Gasteiger partial charge in [0, 0.05) is 30.2 Å². The van der Waals surface area contributed by atoms with E-state index in [-0.39, 0.29) is 6.04 Å². The fourth-order valence-corrected chi connectivity index (χ4v) is 1.69. The summed E-state index contributed by atoms with van der Waals surface area (Å²) in [7, 11) is 0. The minimum absolute atomic E-state index is 0.0260. The standard InChI is InChI=1S/C9H10N4S/c10-9(5-8-6-14-13-12-8)7-1-3-11-4-2-7/h1-4,6,9H,5,10H2. The van der Waals surface area contributed by atoms with Gasteiger partial charge in [0.05, 0.1) is 5.69 Å². The van der Waals surface area contributed by atoms with Gasteiger partial charge in [-0.05, 0) is 29.2 Å². The van der Waals surface area contributed by atoms with Gasteiger partial charge in [-0.25, -0.2) is 0 Å². The average Bonchev–Trinajstić information content (AvgIpc) is 2.72.